The number of hydrogen-bond acceptors (Lipinski definition) is 2. The molecule has 67 heavy (non-hydrogen) atoms. The Hall–Kier alpha value is -8.72. The fraction of sp³-hybridized carbons (Fsp3) is 0.0154. The molecule has 0 atom stereocenters. The van der Waals surface area contributed by atoms with E-state index in [0.29, 0.717) is 5.82 Å². The summed E-state index contributed by atoms with van der Waals surface area (Å²) >= 11 is 0. The van der Waals surface area contributed by atoms with Crippen molar-refractivity contribution in [2.75, 3.05) is 0 Å². The van der Waals surface area contributed by atoms with Crippen LogP contribution >= 0.6 is 0 Å². The van der Waals surface area contributed by atoms with Crippen molar-refractivity contribution in [1.29, 1.82) is 0 Å². The molecule has 2 aliphatic carbocycles. The van der Waals surface area contributed by atoms with Crippen LogP contribution in [0.5, 0.6) is 0 Å². The van der Waals surface area contributed by atoms with Crippen LogP contribution in [0.2, 0.25) is 0 Å². The highest BCUT2D eigenvalue weighted by Gasteiger charge is 2.51. The first-order valence-corrected chi connectivity index (χ1v) is 23.1. The standard InChI is InChI=1S/C65H40N2/c1-3-17-41(18-4-1)61-40-62(67-64(66-61)42-19-5-2-6-20-42)46-22-15-21-45(37-46)47-28-16-29-54-48-23-7-8-24-49(48)56-38-43(34-36-55(56)63(47)54)44-33-35-53-52-27-11-14-32-59(52)65(60(53)39-44)57-30-12-9-25-50(57)51-26-10-13-31-58(51)65/h1-40H. The van der Waals surface area contributed by atoms with Crippen molar-refractivity contribution in [2.24, 2.45) is 0 Å². The molecule has 0 aliphatic heterocycles. The van der Waals surface area contributed by atoms with Crippen LogP contribution in [-0.4, -0.2) is 9.97 Å². The van der Waals surface area contributed by atoms with Crippen molar-refractivity contribution >= 4 is 32.3 Å². The average molecular weight is 849 g/mol. The molecule has 11 aromatic carbocycles. The van der Waals surface area contributed by atoms with Crippen molar-refractivity contribution in [2.45, 2.75) is 5.41 Å². The highest BCUT2D eigenvalue weighted by atomic mass is 14.9. The lowest BCUT2D eigenvalue weighted by molar-refractivity contribution is 0.794. The van der Waals surface area contributed by atoms with E-state index in [2.05, 4.69) is 218 Å². The maximum absolute atomic E-state index is 5.19. The van der Waals surface area contributed by atoms with E-state index in [0.717, 1.165) is 33.6 Å². The number of aromatic nitrogens is 2. The van der Waals surface area contributed by atoms with Gasteiger partial charge in [-0.3, -0.25) is 0 Å². The summed E-state index contributed by atoms with van der Waals surface area (Å²) in [5, 5.41) is 7.48. The number of nitrogens with zero attached hydrogens (tertiary/aromatic N) is 2. The first-order chi connectivity index (χ1) is 33.2. The molecule has 1 aromatic heterocycles. The summed E-state index contributed by atoms with van der Waals surface area (Å²) in [6.07, 6.45) is 0. The SMILES string of the molecule is c1ccc(-c2cc(-c3cccc(-c4cccc5c6ccccc6c6cc(-c7ccc8c(c7)C7(c9ccccc9-c9ccccc97)c7ccccc7-8)ccc6c45)c3)nc(-c3ccccc3)n2)cc1. The first-order valence-electron chi connectivity index (χ1n) is 23.1. The van der Waals surface area contributed by atoms with Crippen molar-refractivity contribution in [3.05, 3.63) is 265 Å². The molecule has 0 saturated heterocycles. The molecular formula is C65H40N2. The molecule has 0 saturated carbocycles. The van der Waals surface area contributed by atoms with Gasteiger partial charge >= 0.3 is 0 Å². The molecule has 0 amide bonds. The molecule has 0 fully saturated rings. The molecule has 0 bridgehead atoms. The predicted octanol–water partition coefficient (Wildman–Crippen LogP) is 16.6. The van der Waals surface area contributed by atoms with Gasteiger partial charge in [-0.25, -0.2) is 9.97 Å². The van der Waals surface area contributed by atoms with Gasteiger partial charge in [-0.1, -0.05) is 218 Å². The summed E-state index contributed by atoms with van der Waals surface area (Å²) in [6.45, 7) is 0. The van der Waals surface area contributed by atoms with E-state index in [1.165, 1.54) is 93.5 Å². The van der Waals surface area contributed by atoms with Gasteiger partial charge in [0.1, 0.15) is 0 Å². The minimum absolute atomic E-state index is 0.393. The van der Waals surface area contributed by atoms with Crippen molar-refractivity contribution < 1.29 is 0 Å². The molecule has 2 aliphatic rings. The fourth-order valence-corrected chi connectivity index (χ4v) is 11.6. The second-order valence-corrected chi connectivity index (χ2v) is 18.0. The third kappa shape index (κ3) is 5.57. The molecule has 0 unspecified atom stereocenters. The van der Waals surface area contributed by atoms with Gasteiger partial charge in [0.2, 0.25) is 0 Å². The molecule has 0 radical (unpaired) electrons. The Morgan fingerprint density at radius 1 is 0.239 bits per heavy atom. The van der Waals surface area contributed by atoms with Crippen LogP contribution in [0.25, 0.3) is 111 Å². The van der Waals surface area contributed by atoms with E-state index in [1.54, 1.807) is 0 Å². The van der Waals surface area contributed by atoms with Crippen LogP contribution in [0.15, 0.2) is 243 Å². The third-order valence-electron chi connectivity index (χ3n) is 14.5. The zero-order valence-corrected chi connectivity index (χ0v) is 36.5. The predicted molar refractivity (Wildman–Crippen MR) is 278 cm³/mol. The van der Waals surface area contributed by atoms with Crippen LogP contribution in [0.1, 0.15) is 22.3 Å². The molecule has 310 valence electrons. The van der Waals surface area contributed by atoms with Gasteiger partial charge in [0.05, 0.1) is 16.8 Å². The lowest BCUT2D eigenvalue weighted by Crippen LogP contribution is -2.25. The summed E-state index contributed by atoms with van der Waals surface area (Å²) < 4.78 is 0. The molecule has 0 N–H and O–H groups in total. The number of rotatable bonds is 5. The smallest absolute Gasteiger partial charge is 0.160 e. The van der Waals surface area contributed by atoms with E-state index in [4.69, 9.17) is 9.97 Å². The summed E-state index contributed by atoms with van der Waals surface area (Å²) in [7, 11) is 0. The molecule has 12 aromatic rings. The summed E-state index contributed by atoms with van der Waals surface area (Å²) in [5.74, 6) is 0.710. The normalized spacial score (nSPS) is 12.9. The van der Waals surface area contributed by atoms with Gasteiger partial charge in [0.25, 0.3) is 0 Å². The number of hydrogen-bond donors (Lipinski definition) is 0. The number of fused-ring (bicyclic) bond motifs is 16. The van der Waals surface area contributed by atoms with E-state index in [-0.39, 0.29) is 0 Å². The molecule has 2 heteroatoms. The highest BCUT2D eigenvalue weighted by Crippen LogP contribution is 2.63. The van der Waals surface area contributed by atoms with Gasteiger partial charge in [-0.05, 0) is 123 Å². The monoisotopic (exact) mass is 848 g/mol. The van der Waals surface area contributed by atoms with Gasteiger partial charge in [-0.15, -0.1) is 0 Å². The zero-order chi connectivity index (χ0) is 44.1. The number of benzene rings is 11. The Balaban J connectivity index is 0.947. The van der Waals surface area contributed by atoms with Gasteiger partial charge in [-0.2, -0.15) is 0 Å². The van der Waals surface area contributed by atoms with Crippen LogP contribution < -0.4 is 0 Å². The van der Waals surface area contributed by atoms with Gasteiger partial charge < -0.3 is 0 Å². The second kappa shape index (κ2) is 14.7. The Morgan fingerprint density at radius 3 is 1.39 bits per heavy atom. The topological polar surface area (TPSA) is 25.8 Å². The largest absolute Gasteiger partial charge is 0.228 e. The van der Waals surface area contributed by atoms with Crippen LogP contribution in [-0.2, 0) is 5.41 Å². The fourth-order valence-electron chi connectivity index (χ4n) is 11.6. The summed E-state index contributed by atoms with van der Waals surface area (Å²) in [4.78, 5) is 10.3. The Bertz CT molecular complexity index is 3860. The van der Waals surface area contributed by atoms with E-state index in [1.807, 2.05) is 24.3 Å². The van der Waals surface area contributed by atoms with Gasteiger partial charge in [0.15, 0.2) is 5.82 Å². The Kier molecular flexibility index (Phi) is 8.23. The van der Waals surface area contributed by atoms with Crippen molar-refractivity contribution in [3.63, 3.8) is 0 Å². The first kappa shape index (κ1) is 37.6. The maximum atomic E-state index is 5.19. The maximum Gasteiger partial charge on any atom is 0.160 e. The lowest BCUT2D eigenvalue weighted by atomic mass is 9.70. The minimum atomic E-state index is -0.393. The van der Waals surface area contributed by atoms with Crippen molar-refractivity contribution in [3.8, 4) is 78.4 Å². The van der Waals surface area contributed by atoms with E-state index >= 15 is 0 Å². The van der Waals surface area contributed by atoms with Crippen LogP contribution in [0.3, 0.4) is 0 Å². The lowest BCUT2D eigenvalue weighted by Gasteiger charge is -2.30. The average Bonchev–Trinajstić information content (AvgIpc) is 3.88. The summed E-state index contributed by atoms with van der Waals surface area (Å²) in [6, 6.07) is 88.9. The highest BCUT2D eigenvalue weighted by molar-refractivity contribution is 6.29. The Morgan fingerprint density at radius 2 is 0.701 bits per heavy atom. The minimum Gasteiger partial charge on any atom is -0.228 e. The second-order valence-electron chi connectivity index (χ2n) is 18.0. The molecule has 1 spiro atoms. The van der Waals surface area contributed by atoms with Crippen LogP contribution in [0.4, 0.5) is 0 Å². The zero-order valence-electron chi connectivity index (χ0n) is 36.5. The quantitative estimate of drug-likeness (QED) is 0.161. The third-order valence-corrected chi connectivity index (χ3v) is 14.5. The Labute approximate surface area is 389 Å². The van der Waals surface area contributed by atoms with Crippen molar-refractivity contribution in [1.82, 2.24) is 9.97 Å². The van der Waals surface area contributed by atoms with Gasteiger partial charge in [0, 0.05) is 16.7 Å². The molecular weight excluding hydrogens is 809 g/mol. The molecule has 2 nitrogen and oxygen atoms in total. The summed E-state index contributed by atoms with van der Waals surface area (Å²) in [5.41, 5.74) is 20.0. The van der Waals surface area contributed by atoms with E-state index < -0.39 is 5.41 Å². The molecule has 14 rings (SSSR count). The van der Waals surface area contributed by atoms with Crippen LogP contribution in [0, 0.1) is 0 Å². The molecule has 1 heterocycles. The van der Waals surface area contributed by atoms with E-state index in [9.17, 15) is 0 Å².